The number of hydrogen-bond donors (Lipinski definition) is 1. The summed E-state index contributed by atoms with van der Waals surface area (Å²) in [5.74, 6) is 0.210. The molecule has 0 unspecified atom stereocenters. The number of benzene rings is 1. The van der Waals surface area contributed by atoms with Gasteiger partial charge < -0.3 is 9.88 Å². The smallest absolute Gasteiger partial charge is 0.167 e. The van der Waals surface area contributed by atoms with Crippen molar-refractivity contribution in [2.24, 2.45) is 7.05 Å². The molecule has 26 heavy (non-hydrogen) atoms. The molecule has 0 bridgehead atoms. The number of hydrogen-bond acceptors (Lipinski definition) is 5. The minimum atomic E-state index is -0.539. The van der Waals surface area contributed by atoms with Crippen LogP contribution in [-0.4, -0.2) is 30.2 Å². The van der Waals surface area contributed by atoms with E-state index in [1.165, 1.54) is 12.1 Å². The van der Waals surface area contributed by atoms with Crippen molar-refractivity contribution in [3.05, 3.63) is 42.0 Å². The predicted molar refractivity (Wildman–Crippen MR) is 94.0 cm³/mol. The molecule has 1 N–H and O–H groups in total. The van der Waals surface area contributed by atoms with Crippen LogP contribution in [0.4, 0.5) is 10.2 Å². The van der Waals surface area contributed by atoms with Crippen LogP contribution in [0.2, 0.25) is 0 Å². The maximum absolute atomic E-state index is 13.6. The van der Waals surface area contributed by atoms with Crippen molar-refractivity contribution in [3.63, 3.8) is 0 Å². The largest absolute Gasteiger partial charge is 0.365 e. The fraction of sp³-hybridized carbons (Fsp3) is 0.222. The molecule has 0 amide bonds. The zero-order valence-corrected chi connectivity index (χ0v) is 13.9. The second kappa shape index (κ2) is 5.26. The Kier molecular flexibility index (Phi) is 3.00. The third-order valence-corrected chi connectivity index (χ3v) is 4.55. The molecule has 0 aliphatic heterocycles. The molecule has 7 nitrogen and oxygen atoms in total. The summed E-state index contributed by atoms with van der Waals surface area (Å²) in [5.41, 5.74) is 3.54. The van der Waals surface area contributed by atoms with E-state index in [1.807, 2.05) is 23.8 Å². The van der Waals surface area contributed by atoms with Crippen LogP contribution >= 0.6 is 0 Å². The van der Waals surface area contributed by atoms with Gasteiger partial charge in [0.1, 0.15) is 11.9 Å². The lowest BCUT2D eigenvalue weighted by Crippen LogP contribution is -2.06. The van der Waals surface area contributed by atoms with E-state index in [-0.39, 0.29) is 5.56 Å². The molecule has 0 spiro atoms. The molecule has 128 valence electrons. The molecule has 3 aromatic heterocycles. The fourth-order valence-electron chi connectivity index (χ4n) is 3.05. The van der Waals surface area contributed by atoms with Gasteiger partial charge in [0.2, 0.25) is 0 Å². The van der Waals surface area contributed by atoms with Crippen molar-refractivity contribution in [2.75, 3.05) is 5.32 Å². The van der Waals surface area contributed by atoms with Crippen molar-refractivity contribution >= 4 is 22.6 Å². The molecule has 1 aromatic carbocycles. The first-order valence-corrected chi connectivity index (χ1v) is 8.31. The summed E-state index contributed by atoms with van der Waals surface area (Å²) < 4.78 is 17.2. The highest BCUT2D eigenvalue weighted by atomic mass is 19.1. The second-order valence-electron chi connectivity index (χ2n) is 6.51. The van der Waals surface area contributed by atoms with E-state index in [1.54, 1.807) is 16.9 Å². The SMILES string of the molecule is Cn1cnc2c(NC3CC3)nc3cc(-c4ccc(F)c(C#N)c4)nn3c21. The normalized spacial score (nSPS) is 14.0. The number of halogens is 1. The van der Waals surface area contributed by atoms with Crippen molar-refractivity contribution in [3.8, 4) is 17.3 Å². The van der Waals surface area contributed by atoms with Crippen molar-refractivity contribution in [2.45, 2.75) is 18.9 Å². The fourth-order valence-corrected chi connectivity index (χ4v) is 3.05. The van der Waals surface area contributed by atoms with E-state index in [4.69, 9.17) is 5.26 Å². The lowest BCUT2D eigenvalue weighted by molar-refractivity contribution is 0.624. The molecule has 1 saturated carbocycles. The summed E-state index contributed by atoms with van der Waals surface area (Å²) in [7, 11) is 1.91. The number of nitrogens with one attached hydrogen (secondary N) is 1. The van der Waals surface area contributed by atoms with Gasteiger partial charge in [-0.2, -0.15) is 14.9 Å². The Labute approximate surface area is 147 Å². The number of fused-ring (bicyclic) bond motifs is 3. The van der Waals surface area contributed by atoms with Crippen LogP contribution in [0.1, 0.15) is 18.4 Å². The van der Waals surface area contributed by atoms with E-state index in [2.05, 4.69) is 20.4 Å². The maximum atomic E-state index is 13.6. The lowest BCUT2D eigenvalue weighted by Gasteiger charge is -2.06. The van der Waals surface area contributed by atoms with Crippen LogP contribution in [0.3, 0.4) is 0 Å². The summed E-state index contributed by atoms with van der Waals surface area (Å²) in [6.07, 6.45) is 4.01. The van der Waals surface area contributed by atoms with Crippen molar-refractivity contribution in [1.29, 1.82) is 5.26 Å². The Morgan fingerprint density at radius 2 is 2.15 bits per heavy atom. The third kappa shape index (κ3) is 2.21. The Bertz CT molecular complexity index is 1210. The van der Waals surface area contributed by atoms with Crippen molar-refractivity contribution < 1.29 is 4.39 Å². The van der Waals surface area contributed by atoms with Gasteiger partial charge in [-0.3, -0.25) is 0 Å². The van der Waals surface area contributed by atoms with E-state index in [0.717, 1.165) is 29.8 Å². The molecule has 0 saturated heterocycles. The third-order valence-electron chi connectivity index (χ3n) is 4.55. The molecule has 0 radical (unpaired) electrons. The molecule has 4 aromatic rings. The van der Waals surface area contributed by atoms with Gasteiger partial charge in [0, 0.05) is 24.7 Å². The van der Waals surface area contributed by atoms with Gasteiger partial charge in [-0.25, -0.2) is 14.4 Å². The van der Waals surface area contributed by atoms with Gasteiger partial charge in [0.05, 0.1) is 17.6 Å². The lowest BCUT2D eigenvalue weighted by atomic mass is 10.1. The van der Waals surface area contributed by atoms with E-state index >= 15 is 0 Å². The van der Waals surface area contributed by atoms with Gasteiger partial charge >= 0.3 is 0 Å². The first-order chi connectivity index (χ1) is 12.6. The standard InChI is InChI=1S/C18H14FN7/c1-25-9-21-16-17(22-12-3-4-12)23-15-7-14(24-26(15)18(16)25)10-2-5-13(19)11(6-10)8-20/h2,5-7,9,12H,3-4H2,1H3,(H,22,23). The molecule has 1 aliphatic carbocycles. The topological polar surface area (TPSA) is 83.8 Å². The Morgan fingerprint density at radius 1 is 1.31 bits per heavy atom. The van der Waals surface area contributed by atoms with Gasteiger partial charge in [0.25, 0.3) is 0 Å². The first kappa shape index (κ1) is 14.8. The number of rotatable bonds is 3. The van der Waals surface area contributed by atoms with Gasteiger partial charge in [0.15, 0.2) is 22.6 Å². The second-order valence-corrected chi connectivity index (χ2v) is 6.51. The predicted octanol–water partition coefficient (Wildman–Crippen LogP) is 2.87. The van der Waals surface area contributed by atoms with Crippen LogP contribution in [0.25, 0.3) is 28.1 Å². The summed E-state index contributed by atoms with van der Waals surface area (Å²) in [5, 5.41) is 17.1. The van der Waals surface area contributed by atoms with Gasteiger partial charge in [-0.05, 0) is 31.0 Å². The van der Waals surface area contributed by atoms with E-state index < -0.39 is 5.82 Å². The minimum Gasteiger partial charge on any atom is -0.365 e. The van der Waals surface area contributed by atoms with Gasteiger partial charge in [-0.1, -0.05) is 0 Å². The first-order valence-electron chi connectivity index (χ1n) is 8.31. The maximum Gasteiger partial charge on any atom is 0.167 e. The Morgan fingerprint density at radius 3 is 2.92 bits per heavy atom. The van der Waals surface area contributed by atoms with Crippen LogP contribution in [0, 0.1) is 17.1 Å². The summed E-state index contributed by atoms with van der Waals surface area (Å²) >= 11 is 0. The molecule has 0 atom stereocenters. The summed E-state index contributed by atoms with van der Waals surface area (Å²) in [6, 6.07) is 8.54. The number of aryl methyl sites for hydroxylation is 1. The summed E-state index contributed by atoms with van der Waals surface area (Å²) in [4.78, 5) is 9.13. The highest BCUT2D eigenvalue weighted by Gasteiger charge is 2.24. The Balaban J connectivity index is 1.73. The Hall–Kier alpha value is -3.47. The van der Waals surface area contributed by atoms with Crippen LogP contribution in [-0.2, 0) is 7.05 Å². The zero-order chi connectivity index (χ0) is 17.8. The molecule has 3 heterocycles. The molecule has 1 aliphatic rings. The van der Waals surface area contributed by atoms with Crippen molar-refractivity contribution in [1.82, 2.24) is 24.1 Å². The quantitative estimate of drug-likeness (QED) is 0.616. The van der Waals surface area contributed by atoms with E-state index in [9.17, 15) is 4.39 Å². The van der Waals surface area contributed by atoms with Crippen LogP contribution < -0.4 is 5.32 Å². The molecule has 1 fully saturated rings. The zero-order valence-electron chi connectivity index (χ0n) is 13.9. The van der Waals surface area contributed by atoms with Crippen LogP contribution in [0.5, 0.6) is 0 Å². The number of anilines is 1. The number of nitrogens with zero attached hydrogens (tertiary/aromatic N) is 6. The highest BCUT2D eigenvalue weighted by molar-refractivity contribution is 5.86. The molecule has 8 heteroatoms. The van der Waals surface area contributed by atoms with Gasteiger partial charge in [-0.15, -0.1) is 0 Å². The molecular formula is C18H14FN7. The number of nitriles is 1. The number of aromatic nitrogens is 5. The molecule has 5 rings (SSSR count). The van der Waals surface area contributed by atoms with Crippen LogP contribution in [0.15, 0.2) is 30.6 Å². The summed E-state index contributed by atoms with van der Waals surface area (Å²) in [6.45, 7) is 0. The monoisotopic (exact) mass is 347 g/mol. The molecular weight excluding hydrogens is 333 g/mol. The average Bonchev–Trinajstić information content (AvgIpc) is 3.21. The average molecular weight is 347 g/mol. The number of imidazole rings is 1. The highest BCUT2D eigenvalue weighted by Crippen LogP contribution is 2.30. The minimum absolute atomic E-state index is 0.00529. The van der Waals surface area contributed by atoms with E-state index in [0.29, 0.717) is 22.9 Å².